The number of aromatic nitrogens is 2. The lowest BCUT2D eigenvalue weighted by molar-refractivity contribution is -0.0553. The summed E-state index contributed by atoms with van der Waals surface area (Å²) in [6.45, 7) is 1.61. The first-order valence-electron chi connectivity index (χ1n) is 8.74. The number of amides is 1. The van der Waals surface area contributed by atoms with Gasteiger partial charge >= 0.3 is 11.8 Å². The van der Waals surface area contributed by atoms with Gasteiger partial charge in [-0.2, -0.15) is 4.98 Å². The first-order chi connectivity index (χ1) is 12.9. The fraction of sp³-hybridized carbons (Fsp3) is 0.688. The van der Waals surface area contributed by atoms with Crippen molar-refractivity contribution in [2.75, 3.05) is 18.5 Å². The molecule has 2 rings (SSSR count). The molecule has 1 aromatic rings. The Morgan fingerprint density at radius 3 is 2.74 bits per heavy atom. The Balaban J connectivity index is 2.02. The molecule has 11 heteroatoms. The molecule has 0 aromatic carbocycles. The van der Waals surface area contributed by atoms with Crippen LogP contribution in [-0.2, 0) is 9.47 Å². The molecule has 0 radical (unpaired) electrons. The molecule has 1 aliphatic heterocycles. The minimum absolute atomic E-state index is 0.160. The standard InChI is InChI=1S/C16H24FN3O7/c1-2-3-4-5-6-26-16(25)19-13-9(17)7-20(15(24)18-13)14-12(23)11(22)10(8-21)27-14/h7,10-12,14,21-23H,2-6,8H2,1H3,(H,18,19,24,25)/t10-,11-,12-,14?/m1/s1. The predicted octanol–water partition coefficient (Wildman–Crippen LogP) is 0.123. The maximum atomic E-state index is 14.2. The van der Waals surface area contributed by atoms with Gasteiger partial charge in [0.25, 0.3) is 0 Å². The zero-order valence-corrected chi connectivity index (χ0v) is 14.9. The predicted molar refractivity (Wildman–Crippen MR) is 90.6 cm³/mol. The van der Waals surface area contributed by atoms with Crippen molar-refractivity contribution in [1.29, 1.82) is 0 Å². The minimum Gasteiger partial charge on any atom is -0.449 e. The molecule has 4 atom stereocenters. The van der Waals surface area contributed by atoms with Gasteiger partial charge in [-0.15, -0.1) is 0 Å². The van der Waals surface area contributed by atoms with E-state index in [0.29, 0.717) is 17.2 Å². The number of hydrogen-bond acceptors (Lipinski definition) is 8. The van der Waals surface area contributed by atoms with Gasteiger partial charge in [0.05, 0.1) is 19.4 Å². The van der Waals surface area contributed by atoms with Gasteiger partial charge in [-0.1, -0.05) is 26.2 Å². The van der Waals surface area contributed by atoms with Gasteiger partial charge < -0.3 is 24.8 Å². The molecule has 10 nitrogen and oxygen atoms in total. The molecular weight excluding hydrogens is 365 g/mol. The van der Waals surface area contributed by atoms with Crippen LogP contribution in [0.5, 0.6) is 0 Å². The molecule has 0 bridgehead atoms. The molecule has 1 amide bonds. The average Bonchev–Trinajstić information content (AvgIpc) is 2.92. The highest BCUT2D eigenvalue weighted by atomic mass is 19.1. The number of unbranched alkanes of at least 4 members (excludes halogenated alkanes) is 3. The number of hydrogen-bond donors (Lipinski definition) is 4. The summed E-state index contributed by atoms with van der Waals surface area (Å²) in [5.74, 6) is -1.68. The molecule has 4 N–H and O–H groups in total. The lowest BCUT2D eigenvalue weighted by Gasteiger charge is -2.17. The Morgan fingerprint density at radius 2 is 2.11 bits per heavy atom. The highest BCUT2D eigenvalue weighted by Crippen LogP contribution is 2.28. The van der Waals surface area contributed by atoms with Gasteiger partial charge in [-0.05, 0) is 6.42 Å². The fourth-order valence-corrected chi connectivity index (χ4v) is 2.65. The van der Waals surface area contributed by atoms with Crippen LogP contribution in [0, 0.1) is 5.82 Å². The number of halogens is 1. The number of aliphatic hydroxyl groups excluding tert-OH is 3. The third-order valence-electron chi connectivity index (χ3n) is 4.15. The summed E-state index contributed by atoms with van der Waals surface area (Å²) in [6, 6.07) is 0. The molecule has 1 fully saturated rings. The van der Waals surface area contributed by atoms with E-state index in [1.807, 2.05) is 12.2 Å². The third-order valence-corrected chi connectivity index (χ3v) is 4.15. The summed E-state index contributed by atoms with van der Waals surface area (Å²) < 4.78 is 24.9. The molecule has 0 spiro atoms. The van der Waals surface area contributed by atoms with Gasteiger partial charge in [-0.25, -0.2) is 14.0 Å². The van der Waals surface area contributed by atoms with Crippen molar-refractivity contribution in [3.05, 3.63) is 22.5 Å². The summed E-state index contributed by atoms with van der Waals surface area (Å²) in [5, 5.41) is 30.8. The van der Waals surface area contributed by atoms with Crippen LogP contribution in [0.15, 0.2) is 11.0 Å². The summed E-state index contributed by atoms with van der Waals surface area (Å²) in [5.41, 5.74) is -1.02. The minimum atomic E-state index is -1.56. The van der Waals surface area contributed by atoms with Crippen LogP contribution in [0.2, 0.25) is 0 Å². The first-order valence-corrected chi connectivity index (χ1v) is 8.74. The second kappa shape index (κ2) is 9.74. The van der Waals surface area contributed by atoms with Crippen molar-refractivity contribution in [1.82, 2.24) is 9.55 Å². The number of aliphatic hydroxyl groups is 3. The Kier molecular flexibility index (Phi) is 7.66. The van der Waals surface area contributed by atoms with Crippen molar-refractivity contribution in [2.45, 2.75) is 57.1 Å². The Bertz CT molecular complexity index is 699. The van der Waals surface area contributed by atoms with Crippen molar-refractivity contribution in [3.8, 4) is 0 Å². The largest absolute Gasteiger partial charge is 0.449 e. The topological polar surface area (TPSA) is 143 Å². The Hall–Kier alpha value is -2.08. The Morgan fingerprint density at radius 1 is 1.37 bits per heavy atom. The summed E-state index contributed by atoms with van der Waals surface area (Å²) in [7, 11) is 0. The van der Waals surface area contributed by atoms with E-state index in [0.717, 1.165) is 19.3 Å². The first kappa shape index (κ1) is 21.2. The van der Waals surface area contributed by atoms with Crippen LogP contribution in [-0.4, -0.2) is 62.5 Å². The quantitative estimate of drug-likeness (QED) is 0.459. The van der Waals surface area contributed by atoms with E-state index in [4.69, 9.17) is 14.6 Å². The fourth-order valence-electron chi connectivity index (χ4n) is 2.65. The molecule has 1 aliphatic rings. The molecule has 1 saturated heterocycles. The summed E-state index contributed by atoms with van der Waals surface area (Å²) in [6.07, 6.45) is -2.20. The molecule has 0 saturated carbocycles. The van der Waals surface area contributed by atoms with Gasteiger partial charge in [0.15, 0.2) is 17.9 Å². The van der Waals surface area contributed by atoms with Crippen LogP contribution >= 0.6 is 0 Å². The maximum Gasteiger partial charge on any atom is 0.412 e. The maximum absolute atomic E-state index is 14.2. The van der Waals surface area contributed by atoms with Crippen LogP contribution in [0.25, 0.3) is 0 Å². The molecule has 152 valence electrons. The van der Waals surface area contributed by atoms with E-state index in [9.17, 15) is 24.2 Å². The smallest absolute Gasteiger partial charge is 0.412 e. The highest BCUT2D eigenvalue weighted by Gasteiger charge is 2.44. The lowest BCUT2D eigenvalue weighted by atomic mass is 10.1. The lowest BCUT2D eigenvalue weighted by Crippen LogP contribution is -2.36. The molecule has 27 heavy (non-hydrogen) atoms. The second-order valence-corrected chi connectivity index (χ2v) is 6.18. The number of carbonyl (C=O) groups excluding carboxylic acids is 1. The van der Waals surface area contributed by atoms with E-state index in [-0.39, 0.29) is 6.61 Å². The van der Waals surface area contributed by atoms with Crippen LogP contribution in [0.4, 0.5) is 15.0 Å². The van der Waals surface area contributed by atoms with Crippen LogP contribution in [0.3, 0.4) is 0 Å². The van der Waals surface area contributed by atoms with Gasteiger partial charge in [0, 0.05) is 0 Å². The normalized spacial score (nSPS) is 24.8. The van der Waals surface area contributed by atoms with Gasteiger partial charge in [0.1, 0.15) is 18.3 Å². The number of nitrogens with one attached hydrogen (secondary N) is 1. The number of nitrogens with zero attached hydrogens (tertiary/aromatic N) is 2. The van der Waals surface area contributed by atoms with E-state index in [2.05, 4.69) is 4.98 Å². The number of ether oxygens (including phenoxy) is 2. The highest BCUT2D eigenvalue weighted by molar-refractivity contribution is 5.83. The van der Waals surface area contributed by atoms with E-state index in [1.165, 1.54) is 0 Å². The number of carbonyl (C=O) groups is 1. The molecule has 1 aromatic heterocycles. The van der Waals surface area contributed by atoms with Gasteiger partial charge in [-0.3, -0.25) is 9.88 Å². The van der Waals surface area contributed by atoms with Crippen molar-refractivity contribution < 1.29 is 34.0 Å². The molecule has 0 aliphatic carbocycles. The SMILES string of the molecule is CCCCCCOC(=O)Nc1nc(=O)n(C2O[C@H](CO)[C@@H](O)[C@H]2O)cc1F. The Labute approximate surface area is 154 Å². The number of anilines is 1. The van der Waals surface area contributed by atoms with Crippen molar-refractivity contribution >= 4 is 11.9 Å². The third kappa shape index (κ3) is 5.22. The molecular formula is C16H24FN3O7. The summed E-state index contributed by atoms with van der Waals surface area (Å²) >= 11 is 0. The zero-order chi connectivity index (χ0) is 20.0. The molecule has 1 unspecified atom stereocenters. The average molecular weight is 389 g/mol. The monoisotopic (exact) mass is 389 g/mol. The zero-order valence-electron chi connectivity index (χ0n) is 14.9. The van der Waals surface area contributed by atoms with Crippen LogP contribution < -0.4 is 11.0 Å². The van der Waals surface area contributed by atoms with E-state index < -0.39 is 54.6 Å². The number of rotatable bonds is 8. The van der Waals surface area contributed by atoms with Crippen molar-refractivity contribution in [2.24, 2.45) is 0 Å². The van der Waals surface area contributed by atoms with E-state index >= 15 is 0 Å². The van der Waals surface area contributed by atoms with Crippen LogP contribution in [0.1, 0.15) is 38.8 Å². The second-order valence-electron chi connectivity index (χ2n) is 6.18. The van der Waals surface area contributed by atoms with Crippen molar-refractivity contribution in [3.63, 3.8) is 0 Å². The van der Waals surface area contributed by atoms with Gasteiger partial charge in [0.2, 0.25) is 0 Å². The van der Waals surface area contributed by atoms with E-state index in [1.54, 1.807) is 0 Å². The summed E-state index contributed by atoms with van der Waals surface area (Å²) in [4.78, 5) is 27.2. The molecule has 2 heterocycles.